The summed E-state index contributed by atoms with van der Waals surface area (Å²) in [6, 6.07) is 13.3. The number of aromatic nitrogens is 1. The first-order valence-electron chi connectivity index (χ1n) is 9.45. The fraction of sp³-hybridized carbons (Fsp3) is 0.273. The maximum Gasteiger partial charge on any atom is 0.255 e. The molecule has 0 unspecified atom stereocenters. The Kier molecular flexibility index (Phi) is 5.30. The summed E-state index contributed by atoms with van der Waals surface area (Å²) in [7, 11) is 0. The minimum Gasteiger partial charge on any atom is -0.487 e. The molecular weight excluding hydrogens is 370 g/mol. The van der Waals surface area contributed by atoms with Gasteiger partial charge in [-0.2, -0.15) is 0 Å². The van der Waals surface area contributed by atoms with E-state index >= 15 is 0 Å². The number of nitrogens with zero attached hydrogens (tertiary/aromatic N) is 2. The zero-order chi connectivity index (χ0) is 19.5. The Balaban J connectivity index is 1.38. The molecule has 5 nitrogen and oxygen atoms in total. The Bertz CT molecular complexity index is 982. The third kappa shape index (κ3) is 4.02. The molecule has 4 rings (SSSR count). The van der Waals surface area contributed by atoms with E-state index in [1.165, 1.54) is 11.3 Å². The van der Waals surface area contributed by atoms with Crippen LogP contribution in [0.5, 0.6) is 5.75 Å². The van der Waals surface area contributed by atoms with Crippen molar-refractivity contribution in [1.29, 1.82) is 0 Å². The molecule has 2 aromatic carbocycles. The molecule has 0 saturated heterocycles. The predicted octanol–water partition coefficient (Wildman–Crippen LogP) is 4.67. The largest absolute Gasteiger partial charge is 0.487 e. The van der Waals surface area contributed by atoms with Crippen molar-refractivity contribution in [3.63, 3.8) is 0 Å². The number of aryl methyl sites for hydroxylation is 1. The van der Waals surface area contributed by atoms with Crippen LogP contribution < -0.4 is 15.0 Å². The molecule has 0 spiro atoms. The lowest BCUT2D eigenvalue weighted by atomic mass is 10.1. The second kappa shape index (κ2) is 8.02. The highest BCUT2D eigenvalue weighted by molar-refractivity contribution is 7.09. The highest BCUT2D eigenvalue weighted by Crippen LogP contribution is 2.30. The summed E-state index contributed by atoms with van der Waals surface area (Å²) < 4.78 is 5.74. The quantitative estimate of drug-likeness (QED) is 0.661. The minimum atomic E-state index is -0.123. The van der Waals surface area contributed by atoms with Crippen molar-refractivity contribution in [3.05, 3.63) is 69.7 Å². The topological polar surface area (TPSA) is 54.5 Å². The second-order valence-corrected chi connectivity index (χ2v) is 7.86. The molecule has 2 heterocycles. The van der Waals surface area contributed by atoms with Crippen LogP contribution in [0.1, 0.15) is 33.5 Å². The van der Waals surface area contributed by atoms with Gasteiger partial charge in [0.25, 0.3) is 5.91 Å². The van der Waals surface area contributed by atoms with Crippen molar-refractivity contribution in [2.45, 2.75) is 26.9 Å². The number of hydrogen-bond donors (Lipinski definition) is 1. The van der Waals surface area contributed by atoms with Crippen LogP contribution in [0.3, 0.4) is 0 Å². The molecule has 28 heavy (non-hydrogen) atoms. The molecule has 1 N–H and O–H groups in total. The van der Waals surface area contributed by atoms with Gasteiger partial charge in [-0.05, 0) is 62.2 Å². The maximum atomic E-state index is 12.6. The molecule has 144 valence electrons. The first kappa shape index (κ1) is 18.5. The Hall–Kier alpha value is -2.86. The van der Waals surface area contributed by atoms with E-state index in [0.29, 0.717) is 12.2 Å². The number of thiazole rings is 1. The van der Waals surface area contributed by atoms with Gasteiger partial charge in [-0.3, -0.25) is 4.79 Å². The van der Waals surface area contributed by atoms with Crippen molar-refractivity contribution >= 4 is 28.6 Å². The molecule has 1 aliphatic rings. The third-order valence-corrected chi connectivity index (χ3v) is 5.71. The van der Waals surface area contributed by atoms with E-state index in [9.17, 15) is 4.79 Å². The first-order valence-corrected chi connectivity index (χ1v) is 10.3. The van der Waals surface area contributed by atoms with Crippen LogP contribution in [0, 0.1) is 6.92 Å². The van der Waals surface area contributed by atoms with Gasteiger partial charge < -0.3 is 15.0 Å². The number of carbonyl (C=O) groups is 1. The number of ether oxygens (including phenoxy) is 1. The average molecular weight is 394 g/mol. The van der Waals surface area contributed by atoms with Crippen molar-refractivity contribution < 1.29 is 9.53 Å². The molecule has 0 saturated carbocycles. The van der Waals surface area contributed by atoms with Gasteiger partial charge >= 0.3 is 0 Å². The number of hydrogen-bond acceptors (Lipinski definition) is 5. The molecule has 1 aromatic heterocycles. The van der Waals surface area contributed by atoms with Crippen molar-refractivity contribution in [3.8, 4) is 5.75 Å². The minimum absolute atomic E-state index is 0.123. The summed E-state index contributed by atoms with van der Waals surface area (Å²) in [6.07, 6.45) is 1.07. The number of benzene rings is 2. The molecule has 0 fully saturated rings. The second-order valence-electron chi connectivity index (χ2n) is 6.80. The number of likely N-dealkylation sites (N-methyl/N-ethyl adjacent to an activating group) is 1. The molecule has 6 heteroatoms. The van der Waals surface area contributed by atoms with Crippen LogP contribution in [-0.4, -0.2) is 24.0 Å². The number of anilines is 2. The molecule has 3 aromatic rings. The van der Waals surface area contributed by atoms with E-state index in [1.807, 2.05) is 30.5 Å². The zero-order valence-electron chi connectivity index (χ0n) is 16.1. The van der Waals surface area contributed by atoms with E-state index < -0.39 is 0 Å². The normalized spacial score (nSPS) is 12.7. The van der Waals surface area contributed by atoms with Gasteiger partial charge in [-0.25, -0.2) is 4.98 Å². The number of nitrogens with one attached hydrogen (secondary N) is 1. The highest BCUT2D eigenvalue weighted by Gasteiger charge is 2.18. The van der Waals surface area contributed by atoms with Gasteiger partial charge in [0.05, 0.1) is 10.7 Å². The van der Waals surface area contributed by atoms with E-state index in [0.717, 1.165) is 41.6 Å². The predicted molar refractivity (Wildman–Crippen MR) is 114 cm³/mol. The van der Waals surface area contributed by atoms with E-state index in [2.05, 4.69) is 34.3 Å². The molecule has 0 bridgehead atoms. The van der Waals surface area contributed by atoms with Crippen LogP contribution in [-0.2, 0) is 13.0 Å². The molecule has 1 aliphatic heterocycles. The van der Waals surface area contributed by atoms with E-state index in [-0.39, 0.29) is 5.91 Å². The third-order valence-electron chi connectivity index (χ3n) is 4.89. The summed E-state index contributed by atoms with van der Waals surface area (Å²) in [4.78, 5) is 19.3. The molecule has 1 amide bonds. The fourth-order valence-corrected chi connectivity index (χ4v) is 3.99. The standard InChI is InChI=1S/C22H23N3O2S/c1-3-25-11-10-16-4-7-18(12-21(16)25)24-22(26)17-5-8-20(9-6-17)27-13-19-14-28-15(2)23-19/h4-9,12,14H,3,10-11,13H2,1-2H3,(H,24,26). The highest BCUT2D eigenvalue weighted by atomic mass is 32.1. The first-order chi connectivity index (χ1) is 13.6. The summed E-state index contributed by atoms with van der Waals surface area (Å²) in [6.45, 7) is 6.58. The van der Waals surface area contributed by atoms with E-state index in [1.54, 1.807) is 23.5 Å². The van der Waals surface area contributed by atoms with Gasteiger partial charge in [-0.1, -0.05) is 6.07 Å². The van der Waals surface area contributed by atoms with Gasteiger partial charge in [0.1, 0.15) is 12.4 Å². The van der Waals surface area contributed by atoms with Crippen LogP contribution in [0.4, 0.5) is 11.4 Å². The number of amides is 1. The Morgan fingerprint density at radius 3 is 2.79 bits per heavy atom. The molecular formula is C22H23N3O2S. The van der Waals surface area contributed by atoms with Gasteiger partial charge in [0, 0.05) is 35.4 Å². The number of rotatable bonds is 6. The Labute approximate surface area is 169 Å². The Morgan fingerprint density at radius 2 is 2.07 bits per heavy atom. The monoisotopic (exact) mass is 393 g/mol. The van der Waals surface area contributed by atoms with Crippen LogP contribution in [0.2, 0.25) is 0 Å². The maximum absolute atomic E-state index is 12.6. The summed E-state index contributed by atoms with van der Waals surface area (Å²) in [5.74, 6) is 0.598. The fourth-order valence-electron chi connectivity index (χ4n) is 3.39. The Morgan fingerprint density at radius 1 is 1.25 bits per heavy atom. The van der Waals surface area contributed by atoms with Crippen molar-refractivity contribution in [2.75, 3.05) is 23.3 Å². The lowest BCUT2D eigenvalue weighted by Crippen LogP contribution is -2.19. The lowest BCUT2D eigenvalue weighted by molar-refractivity contribution is 0.102. The number of carbonyl (C=O) groups excluding carboxylic acids is 1. The summed E-state index contributed by atoms with van der Waals surface area (Å²) in [5.41, 5.74) is 4.91. The van der Waals surface area contributed by atoms with Gasteiger partial charge in [0.15, 0.2) is 0 Å². The summed E-state index contributed by atoms with van der Waals surface area (Å²) >= 11 is 1.61. The summed E-state index contributed by atoms with van der Waals surface area (Å²) in [5, 5.41) is 6.02. The van der Waals surface area contributed by atoms with Crippen molar-refractivity contribution in [1.82, 2.24) is 4.98 Å². The van der Waals surface area contributed by atoms with Gasteiger partial charge in [-0.15, -0.1) is 11.3 Å². The van der Waals surface area contributed by atoms with Crippen LogP contribution in [0.15, 0.2) is 47.8 Å². The average Bonchev–Trinajstić information content (AvgIpc) is 3.32. The molecule has 0 radical (unpaired) electrons. The smallest absolute Gasteiger partial charge is 0.255 e. The van der Waals surface area contributed by atoms with Crippen LogP contribution >= 0.6 is 11.3 Å². The lowest BCUT2D eigenvalue weighted by Gasteiger charge is -2.17. The molecule has 0 atom stereocenters. The van der Waals surface area contributed by atoms with Gasteiger partial charge in [0.2, 0.25) is 0 Å². The zero-order valence-corrected chi connectivity index (χ0v) is 16.9. The van der Waals surface area contributed by atoms with E-state index in [4.69, 9.17) is 4.74 Å². The molecule has 0 aliphatic carbocycles. The SMILES string of the molecule is CCN1CCc2ccc(NC(=O)c3ccc(OCc4csc(C)n4)cc3)cc21. The number of fused-ring (bicyclic) bond motifs is 1. The van der Waals surface area contributed by atoms with Crippen molar-refractivity contribution in [2.24, 2.45) is 0 Å². The van der Waals surface area contributed by atoms with Crippen LogP contribution in [0.25, 0.3) is 0 Å².